The molecule has 2 nitrogen and oxygen atoms in total. The highest BCUT2D eigenvalue weighted by molar-refractivity contribution is 7.79. The first kappa shape index (κ1) is 5.07. The summed E-state index contributed by atoms with van der Waals surface area (Å²) in [4.78, 5) is 0. The molecule has 0 saturated carbocycles. The predicted molar refractivity (Wildman–Crippen MR) is 31.5 cm³/mol. The number of rotatable bonds is 0. The van der Waals surface area contributed by atoms with Crippen LogP contribution in [0.15, 0.2) is 17.1 Å². The van der Waals surface area contributed by atoms with E-state index in [1.165, 1.54) is 6.26 Å². The van der Waals surface area contributed by atoms with Crippen LogP contribution < -0.4 is 0 Å². The van der Waals surface area contributed by atoms with E-state index in [2.05, 4.69) is 4.76 Å². The summed E-state index contributed by atoms with van der Waals surface area (Å²) in [6.07, 6.45) is 4.86. The van der Waals surface area contributed by atoms with Crippen LogP contribution in [-0.4, -0.2) is 6.21 Å². The lowest BCUT2D eigenvalue weighted by Crippen LogP contribution is -1.72. The molecule has 0 bridgehead atoms. The van der Waals surface area contributed by atoms with Gasteiger partial charge in [0.25, 0.3) is 0 Å². The van der Waals surface area contributed by atoms with E-state index in [1.54, 1.807) is 12.3 Å². The minimum Gasteiger partial charge on any atom is -0.448 e. The molecule has 0 aromatic rings. The van der Waals surface area contributed by atoms with Crippen LogP contribution >= 0.6 is 18.9 Å². The molecule has 7 heavy (non-hydrogen) atoms. The molecule has 1 heterocycles. The molecule has 0 radical (unpaired) electrons. The third-order valence-electron chi connectivity index (χ3n) is 0.470. The summed E-state index contributed by atoms with van der Waals surface area (Å²) in [6.45, 7) is 0. The van der Waals surface area contributed by atoms with Crippen LogP contribution in [0.3, 0.4) is 0 Å². The lowest BCUT2D eigenvalue weighted by atomic mass is 10.7. The molecule has 0 fully saturated rings. The van der Waals surface area contributed by atoms with Crippen molar-refractivity contribution in [2.45, 2.75) is 0 Å². The Morgan fingerprint density at radius 1 is 1.71 bits per heavy atom. The van der Waals surface area contributed by atoms with Crippen molar-refractivity contribution in [2.24, 2.45) is 4.76 Å². The number of halogens is 1. The normalized spacial score (nSPS) is 27.3. The highest BCUT2D eigenvalue weighted by Gasteiger charge is 1.99. The van der Waals surface area contributed by atoms with Gasteiger partial charge in [-0.05, 0) is 17.3 Å². The fourth-order valence-electron chi connectivity index (χ4n) is 0.239. The zero-order valence-corrected chi connectivity index (χ0v) is 5.06. The lowest BCUT2D eigenvalue weighted by molar-refractivity contribution is 0.545. The second kappa shape index (κ2) is 2.29. The molecule has 0 N–H and O–H groups in total. The maximum absolute atomic E-state index is 5.41. The van der Waals surface area contributed by atoms with Crippen LogP contribution in [0, 0.1) is 0 Å². The fraction of sp³-hybridized carbons (Fsp3) is 0. The van der Waals surface area contributed by atoms with E-state index in [0.717, 1.165) is 0 Å². The average molecular weight is 135 g/mol. The third kappa shape index (κ3) is 1.46. The van der Waals surface area contributed by atoms with Gasteiger partial charge in [0.2, 0.25) is 0 Å². The molecule has 0 amide bonds. The average Bonchev–Trinajstić information content (AvgIpc) is 1.69. The van der Waals surface area contributed by atoms with E-state index in [0.29, 0.717) is 0 Å². The van der Waals surface area contributed by atoms with Gasteiger partial charge >= 0.3 is 7.65 Å². The predicted octanol–water partition coefficient (Wildman–Crippen LogP) is 2.07. The molecule has 0 aliphatic carbocycles. The van der Waals surface area contributed by atoms with E-state index in [-0.39, 0.29) is 0 Å². The monoisotopic (exact) mass is 135 g/mol. The van der Waals surface area contributed by atoms with Gasteiger partial charge in [0.1, 0.15) is 0 Å². The fourth-order valence-corrected chi connectivity index (χ4v) is 0.935. The molecule has 1 atom stereocenters. The minimum absolute atomic E-state index is 1.04. The molecule has 4 heteroatoms. The van der Waals surface area contributed by atoms with E-state index in [4.69, 9.17) is 15.8 Å². The molecule has 38 valence electrons. The van der Waals surface area contributed by atoms with Crippen LogP contribution in [0.1, 0.15) is 0 Å². The van der Waals surface area contributed by atoms with Gasteiger partial charge in [-0.15, -0.1) is 0 Å². The zero-order valence-electron chi connectivity index (χ0n) is 3.41. The summed E-state index contributed by atoms with van der Waals surface area (Å²) in [6, 6.07) is 0. The molecule has 1 unspecified atom stereocenters. The Hall–Kier alpha value is -0.0700. The van der Waals surface area contributed by atoms with Crippen molar-refractivity contribution in [3.63, 3.8) is 0 Å². The van der Waals surface area contributed by atoms with Gasteiger partial charge in [-0.2, -0.15) is 0 Å². The maximum Gasteiger partial charge on any atom is 0.316 e. The molecular weight excluding hydrogens is 132 g/mol. The van der Waals surface area contributed by atoms with Gasteiger partial charge in [0.15, 0.2) is 0 Å². The smallest absolute Gasteiger partial charge is 0.316 e. The lowest BCUT2D eigenvalue weighted by Gasteiger charge is -2.01. The molecule has 1 aliphatic rings. The van der Waals surface area contributed by atoms with Crippen LogP contribution in [0.5, 0.6) is 0 Å². The Labute approximate surface area is 47.5 Å². The standard InChI is InChI=1S/C3H3ClNOP/c4-7-5-2-1-3-6-7/h1-3H. The summed E-state index contributed by atoms with van der Waals surface area (Å²) < 4.78 is 8.46. The van der Waals surface area contributed by atoms with Crippen molar-refractivity contribution in [3.05, 3.63) is 12.3 Å². The molecule has 1 rings (SSSR count). The summed E-state index contributed by atoms with van der Waals surface area (Å²) >= 11 is 5.41. The van der Waals surface area contributed by atoms with E-state index in [1.807, 2.05) is 0 Å². The zero-order chi connectivity index (χ0) is 5.11. The summed E-state index contributed by atoms with van der Waals surface area (Å²) in [5, 5.41) is 0. The van der Waals surface area contributed by atoms with Crippen molar-refractivity contribution < 1.29 is 4.52 Å². The van der Waals surface area contributed by atoms with Crippen LogP contribution in [0.2, 0.25) is 0 Å². The minimum atomic E-state index is -1.04. The van der Waals surface area contributed by atoms with E-state index in [9.17, 15) is 0 Å². The van der Waals surface area contributed by atoms with Crippen molar-refractivity contribution in [3.8, 4) is 0 Å². The highest BCUT2D eigenvalue weighted by atomic mass is 35.7. The van der Waals surface area contributed by atoms with E-state index >= 15 is 0 Å². The molecular formula is C3H3ClNOP. The summed E-state index contributed by atoms with van der Waals surface area (Å²) in [5.41, 5.74) is 0. The van der Waals surface area contributed by atoms with Crippen LogP contribution in [-0.2, 0) is 4.52 Å². The highest BCUT2D eigenvalue weighted by Crippen LogP contribution is 2.44. The van der Waals surface area contributed by atoms with Gasteiger partial charge in [-0.3, -0.25) is 0 Å². The number of nitrogens with zero attached hydrogens (tertiary/aromatic N) is 1. The summed E-state index contributed by atoms with van der Waals surface area (Å²) in [7, 11) is -1.04. The van der Waals surface area contributed by atoms with Gasteiger partial charge in [-0.25, -0.2) is 4.76 Å². The van der Waals surface area contributed by atoms with E-state index < -0.39 is 7.65 Å². The second-order valence-corrected chi connectivity index (χ2v) is 2.69. The first-order chi connectivity index (χ1) is 3.39. The van der Waals surface area contributed by atoms with Crippen molar-refractivity contribution in [1.82, 2.24) is 0 Å². The molecule has 1 aliphatic heterocycles. The third-order valence-corrected chi connectivity index (χ3v) is 1.58. The Morgan fingerprint density at radius 2 is 2.57 bits per heavy atom. The van der Waals surface area contributed by atoms with Gasteiger partial charge < -0.3 is 4.52 Å². The van der Waals surface area contributed by atoms with Crippen molar-refractivity contribution in [1.29, 1.82) is 0 Å². The Bertz CT molecular complexity index is 114. The Balaban J connectivity index is 2.49. The largest absolute Gasteiger partial charge is 0.448 e. The maximum atomic E-state index is 5.41. The molecule has 0 aromatic heterocycles. The van der Waals surface area contributed by atoms with Crippen molar-refractivity contribution in [2.75, 3.05) is 0 Å². The first-order valence-electron chi connectivity index (χ1n) is 1.71. The van der Waals surface area contributed by atoms with Gasteiger partial charge in [0.05, 0.1) is 6.26 Å². The SMILES string of the molecule is ClP1N=CC=CO1. The van der Waals surface area contributed by atoms with Crippen LogP contribution in [0.25, 0.3) is 0 Å². The molecule has 0 aromatic carbocycles. The number of hydrogen-bond donors (Lipinski definition) is 0. The molecule has 0 saturated heterocycles. The molecule has 0 spiro atoms. The van der Waals surface area contributed by atoms with Crippen LogP contribution in [0.4, 0.5) is 0 Å². The van der Waals surface area contributed by atoms with Gasteiger partial charge in [-0.1, -0.05) is 0 Å². The summed E-state index contributed by atoms with van der Waals surface area (Å²) in [5.74, 6) is 0. The first-order valence-corrected chi connectivity index (χ1v) is 3.83. The number of hydrogen-bond acceptors (Lipinski definition) is 2. The Morgan fingerprint density at radius 3 is 2.86 bits per heavy atom. The van der Waals surface area contributed by atoms with Gasteiger partial charge in [0, 0.05) is 6.21 Å². The number of allylic oxidation sites excluding steroid dienone is 1. The second-order valence-electron chi connectivity index (χ2n) is 0.925. The topological polar surface area (TPSA) is 21.6 Å². The Kier molecular flexibility index (Phi) is 1.66. The van der Waals surface area contributed by atoms with Crippen molar-refractivity contribution >= 4 is 25.1 Å². The quantitative estimate of drug-likeness (QED) is 0.466.